The number of benzene rings is 1. The molecule has 0 spiro atoms. The average Bonchev–Trinajstić information content (AvgIpc) is 3.30. The third kappa shape index (κ3) is 2.33. The third-order valence-corrected chi connectivity index (χ3v) is 4.31. The van der Waals surface area contributed by atoms with Gasteiger partial charge in [-0.2, -0.15) is 0 Å². The van der Waals surface area contributed by atoms with Crippen molar-refractivity contribution in [1.29, 1.82) is 0 Å². The summed E-state index contributed by atoms with van der Waals surface area (Å²) in [7, 11) is 0. The van der Waals surface area contributed by atoms with Crippen molar-refractivity contribution in [2.75, 3.05) is 6.61 Å². The summed E-state index contributed by atoms with van der Waals surface area (Å²) in [6.45, 7) is 1.76. The van der Waals surface area contributed by atoms with Crippen molar-refractivity contribution in [3.05, 3.63) is 44.2 Å². The highest BCUT2D eigenvalue weighted by Gasteiger charge is 2.29. The van der Waals surface area contributed by atoms with Crippen molar-refractivity contribution in [2.45, 2.75) is 25.8 Å². The lowest BCUT2D eigenvalue weighted by molar-refractivity contribution is 0.0524. The highest BCUT2D eigenvalue weighted by molar-refractivity contribution is 9.10. The topological polar surface area (TPSA) is 48.3 Å². The number of hydrogen-bond donors (Lipinski definition) is 0. The minimum atomic E-state index is -1.14. The lowest BCUT2D eigenvalue weighted by Crippen LogP contribution is -2.21. The minimum absolute atomic E-state index is 0.0387. The van der Waals surface area contributed by atoms with Gasteiger partial charge >= 0.3 is 5.97 Å². The molecule has 1 aliphatic carbocycles. The fourth-order valence-electron chi connectivity index (χ4n) is 2.41. The van der Waals surface area contributed by atoms with Crippen molar-refractivity contribution >= 4 is 32.8 Å². The molecule has 1 aromatic heterocycles. The SMILES string of the molecule is CCOC(=O)c1cn(C2CC2)c2c(Br)c(F)c(F)cc2c1=O. The van der Waals surface area contributed by atoms with Gasteiger partial charge in [-0.05, 0) is 41.8 Å². The molecular weight excluding hydrogens is 360 g/mol. The summed E-state index contributed by atoms with van der Waals surface area (Å²) < 4.78 is 33.9. The van der Waals surface area contributed by atoms with Gasteiger partial charge in [0.2, 0.25) is 5.43 Å². The normalized spacial score (nSPS) is 14.4. The van der Waals surface area contributed by atoms with Crippen LogP contribution in [0, 0.1) is 11.6 Å². The lowest BCUT2D eigenvalue weighted by atomic mass is 10.1. The van der Waals surface area contributed by atoms with Gasteiger partial charge in [-0.1, -0.05) is 0 Å². The van der Waals surface area contributed by atoms with E-state index in [1.54, 1.807) is 11.5 Å². The van der Waals surface area contributed by atoms with Crippen molar-refractivity contribution in [3.8, 4) is 0 Å². The van der Waals surface area contributed by atoms with Crippen LogP contribution in [0.2, 0.25) is 0 Å². The van der Waals surface area contributed by atoms with Crippen LogP contribution in [-0.2, 0) is 4.74 Å². The highest BCUT2D eigenvalue weighted by Crippen LogP contribution is 2.39. The molecular formula is C15H12BrF2NO3. The van der Waals surface area contributed by atoms with Crippen molar-refractivity contribution in [1.82, 2.24) is 4.57 Å². The van der Waals surface area contributed by atoms with E-state index in [-0.39, 0.29) is 33.6 Å². The molecule has 22 heavy (non-hydrogen) atoms. The van der Waals surface area contributed by atoms with Crippen molar-refractivity contribution < 1.29 is 18.3 Å². The summed E-state index contributed by atoms with van der Waals surface area (Å²) in [6.07, 6.45) is 3.08. The zero-order valence-corrected chi connectivity index (χ0v) is 13.2. The molecule has 3 rings (SSSR count). The van der Waals surface area contributed by atoms with Crippen LogP contribution in [0.15, 0.2) is 21.5 Å². The van der Waals surface area contributed by atoms with Gasteiger partial charge in [0.1, 0.15) is 5.56 Å². The Morgan fingerprint density at radius 2 is 2.14 bits per heavy atom. The predicted molar refractivity (Wildman–Crippen MR) is 80.1 cm³/mol. The van der Waals surface area contributed by atoms with Gasteiger partial charge in [0.25, 0.3) is 0 Å². The maximum absolute atomic E-state index is 13.8. The standard InChI is InChI=1S/C15H12BrF2NO3/c1-2-22-15(21)9-6-19(7-3-4-7)13-8(14(9)20)5-10(17)12(18)11(13)16/h5-7H,2-4H2,1H3. The highest BCUT2D eigenvalue weighted by atomic mass is 79.9. The maximum Gasteiger partial charge on any atom is 0.343 e. The van der Waals surface area contributed by atoms with Crippen LogP contribution >= 0.6 is 15.9 Å². The number of nitrogens with zero attached hydrogens (tertiary/aromatic N) is 1. The van der Waals surface area contributed by atoms with Crippen LogP contribution in [0.25, 0.3) is 10.9 Å². The fourth-order valence-corrected chi connectivity index (χ4v) is 3.02. The van der Waals surface area contributed by atoms with Gasteiger partial charge in [-0.25, -0.2) is 13.6 Å². The smallest absolute Gasteiger partial charge is 0.343 e. The Hall–Kier alpha value is -1.76. The van der Waals surface area contributed by atoms with Crippen LogP contribution in [0.3, 0.4) is 0 Å². The largest absolute Gasteiger partial charge is 0.462 e. The summed E-state index contributed by atoms with van der Waals surface area (Å²) in [5, 5.41) is -0.0387. The Bertz CT molecular complexity index is 843. The molecule has 0 saturated heterocycles. The van der Waals surface area contributed by atoms with Gasteiger partial charge in [0, 0.05) is 12.2 Å². The summed E-state index contributed by atoms with van der Waals surface area (Å²) in [6, 6.07) is 0.900. The first kappa shape index (κ1) is 15.1. The lowest BCUT2D eigenvalue weighted by Gasteiger charge is -2.14. The molecule has 1 saturated carbocycles. The average molecular weight is 372 g/mol. The number of carbonyl (C=O) groups is 1. The molecule has 0 aliphatic heterocycles. The quantitative estimate of drug-likeness (QED) is 0.612. The second-order valence-corrected chi connectivity index (χ2v) is 5.91. The van der Waals surface area contributed by atoms with Gasteiger partial charge in [-0.3, -0.25) is 4.79 Å². The van der Waals surface area contributed by atoms with E-state index in [0.29, 0.717) is 0 Å². The van der Waals surface area contributed by atoms with E-state index in [2.05, 4.69) is 15.9 Å². The Morgan fingerprint density at radius 3 is 2.73 bits per heavy atom. The van der Waals surface area contributed by atoms with Crippen LogP contribution in [0.1, 0.15) is 36.2 Å². The molecule has 0 unspecified atom stereocenters. The molecule has 1 aliphatic rings. The number of carbonyl (C=O) groups excluding carboxylic acids is 1. The summed E-state index contributed by atoms with van der Waals surface area (Å²) in [4.78, 5) is 24.4. The van der Waals surface area contributed by atoms with Crippen molar-refractivity contribution in [3.63, 3.8) is 0 Å². The minimum Gasteiger partial charge on any atom is -0.462 e. The number of hydrogen-bond acceptors (Lipinski definition) is 3. The molecule has 1 heterocycles. The van der Waals surface area contributed by atoms with Gasteiger partial charge in [0.15, 0.2) is 11.6 Å². The van der Waals surface area contributed by atoms with E-state index in [9.17, 15) is 18.4 Å². The van der Waals surface area contributed by atoms with Gasteiger partial charge < -0.3 is 9.30 Å². The number of fused-ring (bicyclic) bond motifs is 1. The van der Waals surface area contributed by atoms with E-state index in [1.807, 2.05) is 0 Å². The van der Waals surface area contributed by atoms with Crippen LogP contribution < -0.4 is 5.43 Å². The second kappa shape index (κ2) is 5.46. The third-order valence-electron chi connectivity index (χ3n) is 3.59. The molecule has 0 atom stereocenters. The Morgan fingerprint density at radius 1 is 1.45 bits per heavy atom. The zero-order chi connectivity index (χ0) is 16.0. The van der Waals surface area contributed by atoms with E-state index in [1.165, 1.54) is 6.20 Å². The van der Waals surface area contributed by atoms with Crippen LogP contribution in [0.5, 0.6) is 0 Å². The molecule has 1 fully saturated rings. The predicted octanol–water partition coefficient (Wildman–Crippen LogP) is 3.55. The maximum atomic E-state index is 13.8. The molecule has 0 bridgehead atoms. The monoisotopic (exact) mass is 371 g/mol. The Labute approximate surface area is 132 Å². The first-order chi connectivity index (χ1) is 10.5. The van der Waals surface area contributed by atoms with Crippen molar-refractivity contribution in [2.24, 2.45) is 0 Å². The van der Waals surface area contributed by atoms with E-state index < -0.39 is 23.0 Å². The van der Waals surface area contributed by atoms with Crippen LogP contribution in [0.4, 0.5) is 8.78 Å². The summed E-state index contributed by atoms with van der Waals surface area (Å²) in [5.74, 6) is -2.95. The van der Waals surface area contributed by atoms with Gasteiger partial charge in [0.05, 0.1) is 22.0 Å². The van der Waals surface area contributed by atoms with Gasteiger partial charge in [-0.15, -0.1) is 0 Å². The van der Waals surface area contributed by atoms with E-state index >= 15 is 0 Å². The second-order valence-electron chi connectivity index (χ2n) is 5.11. The molecule has 0 radical (unpaired) electrons. The fraction of sp³-hybridized carbons (Fsp3) is 0.333. The molecule has 0 N–H and O–H groups in total. The number of ether oxygens (including phenoxy) is 1. The first-order valence-electron chi connectivity index (χ1n) is 6.85. The molecule has 2 aromatic rings. The number of rotatable bonds is 3. The molecule has 1 aromatic carbocycles. The number of pyridine rings is 1. The number of aromatic nitrogens is 1. The Kier molecular flexibility index (Phi) is 3.76. The first-order valence-corrected chi connectivity index (χ1v) is 7.64. The summed E-state index contributed by atoms with van der Waals surface area (Å²) in [5.41, 5.74) is -0.566. The molecule has 4 nitrogen and oxygen atoms in total. The molecule has 7 heteroatoms. The molecule has 0 amide bonds. The van der Waals surface area contributed by atoms with Crippen LogP contribution in [-0.4, -0.2) is 17.1 Å². The van der Waals surface area contributed by atoms with E-state index in [0.717, 1.165) is 18.9 Å². The molecule has 116 valence electrons. The number of esters is 1. The Balaban J connectivity index is 2.38. The number of halogens is 3. The zero-order valence-electron chi connectivity index (χ0n) is 11.7. The summed E-state index contributed by atoms with van der Waals surface area (Å²) >= 11 is 3.01. The van der Waals surface area contributed by atoms with E-state index in [4.69, 9.17) is 4.74 Å².